The lowest BCUT2D eigenvalue weighted by molar-refractivity contribution is 0.0251. The summed E-state index contributed by atoms with van der Waals surface area (Å²) in [5.41, 5.74) is 0.000273. The zero-order valence-electron chi connectivity index (χ0n) is 12.6. The first-order valence-electron chi connectivity index (χ1n) is 7.51. The summed E-state index contributed by atoms with van der Waals surface area (Å²) >= 11 is 0. The van der Waals surface area contributed by atoms with E-state index in [0.717, 1.165) is 18.5 Å². The molecule has 0 bridgehead atoms. The molecule has 0 aromatic heterocycles. The van der Waals surface area contributed by atoms with Crippen LogP contribution in [0.4, 0.5) is 4.39 Å². The van der Waals surface area contributed by atoms with Gasteiger partial charge in [0.05, 0.1) is 25.9 Å². The molecule has 1 fully saturated rings. The molecule has 0 spiro atoms. The molecule has 1 saturated heterocycles. The number of hydrogen-bond donors (Lipinski definition) is 1. The number of ether oxygens (including phenoxy) is 3. The predicted molar refractivity (Wildman–Crippen MR) is 77.7 cm³/mol. The molecule has 3 rings (SSSR count). The fourth-order valence-corrected chi connectivity index (χ4v) is 2.77. The lowest BCUT2D eigenvalue weighted by Crippen LogP contribution is -2.34. The van der Waals surface area contributed by atoms with E-state index in [1.807, 2.05) is 6.07 Å². The standard InChI is InChI=1S/C16H22FNO3/c1-16(2,17)12-9-14-13(19-5-3-6-20-14)8-11(12)15-10-18-4-7-21-15/h8-9,15,18H,3-7,10H2,1-2H3. The summed E-state index contributed by atoms with van der Waals surface area (Å²) in [6, 6.07) is 3.66. The van der Waals surface area contributed by atoms with Crippen LogP contribution in [0, 0.1) is 0 Å². The molecule has 0 radical (unpaired) electrons. The van der Waals surface area contributed by atoms with E-state index in [1.165, 1.54) is 0 Å². The molecule has 4 nitrogen and oxygen atoms in total. The van der Waals surface area contributed by atoms with Crippen LogP contribution < -0.4 is 14.8 Å². The summed E-state index contributed by atoms with van der Waals surface area (Å²) in [7, 11) is 0. The van der Waals surface area contributed by atoms with E-state index in [2.05, 4.69) is 5.32 Å². The molecule has 2 aliphatic rings. The van der Waals surface area contributed by atoms with Crippen LogP contribution in [0.1, 0.15) is 37.5 Å². The first-order valence-corrected chi connectivity index (χ1v) is 7.51. The van der Waals surface area contributed by atoms with Gasteiger partial charge in [0.15, 0.2) is 11.5 Å². The van der Waals surface area contributed by atoms with Gasteiger partial charge in [-0.05, 0) is 37.1 Å². The molecule has 0 aliphatic carbocycles. The van der Waals surface area contributed by atoms with E-state index in [-0.39, 0.29) is 6.10 Å². The Balaban J connectivity index is 2.04. The SMILES string of the molecule is CC(C)(F)c1cc2c(cc1C1CNCCO1)OCCCO2. The smallest absolute Gasteiger partial charge is 0.161 e. The van der Waals surface area contributed by atoms with Gasteiger partial charge in [-0.15, -0.1) is 0 Å². The van der Waals surface area contributed by atoms with Gasteiger partial charge in [-0.3, -0.25) is 0 Å². The van der Waals surface area contributed by atoms with Crippen molar-refractivity contribution in [3.05, 3.63) is 23.3 Å². The molecule has 1 unspecified atom stereocenters. The lowest BCUT2D eigenvalue weighted by Gasteiger charge is -2.29. The van der Waals surface area contributed by atoms with Crippen molar-refractivity contribution in [2.75, 3.05) is 32.9 Å². The molecule has 0 amide bonds. The summed E-state index contributed by atoms with van der Waals surface area (Å²) in [5.74, 6) is 1.31. The number of rotatable bonds is 2. The Bertz CT molecular complexity index is 507. The van der Waals surface area contributed by atoms with Gasteiger partial charge in [-0.2, -0.15) is 0 Å². The quantitative estimate of drug-likeness (QED) is 0.910. The normalized spacial score (nSPS) is 22.7. The minimum absolute atomic E-state index is 0.152. The van der Waals surface area contributed by atoms with Crippen LogP contribution in [-0.4, -0.2) is 32.9 Å². The maximum absolute atomic E-state index is 14.6. The van der Waals surface area contributed by atoms with E-state index in [4.69, 9.17) is 14.2 Å². The van der Waals surface area contributed by atoms with Crippen molar-refractivity contribution in [2.24, 2.45) is 0 Å². The summed E-state index contributed by atoms with van der Waals surface area (Å²) in [6.07, 6.45) is 0.681. The average Bonchev–Trinajstić information content (AvgIpc) is 2.70. The van der Waals surface area contributed by atoms with Crippen molar-refractivity contribution in [3.8, 4) is 11.5 Å². The zero-order valence-corrected chi connectivity index (χ0v) is 12.6. The van der Waals surface area contributed by atoms with Crippen molar-refractivity contribution in [3.63, 3.8) is 0 Å². The van der Waals surface area contributed by atoms with Gasteiger partial charge in [0.25, 0.3) is 0 Å². The third-order valence-corrected chi connectivity index (χ3v) is 3.83. The van der Waals surface area contributed by atoms with Gasteiger partial charge in [0.2, 0.25) is 0 Å². The second kappa shape index (κ2) is 5.81. The van der Waals surface area contributed by atoms with Crippen molar-refractivity contribution < 1.29 is 18.6 Å². The maximum Gasteiger partial charge on any atom is 0.161 e. The van der Waals surface area contributed by atoms with E-state index >= 15 is 0 Å². The van der Waals surface area contributed by atoms with Crippen molar-refractivity contribution in [1.82, 2.24) is 5.32 Å². The van der Waals surface area contributed by atoms with Gasteiger partial charge in [-0.25, -0.2) is 4.39 Å². The molecular formula is C16H22FNO3. The third-order valence-electron chi connectivity index (χ3n) is 3.83. The molecule has 21 heavy (non-hydrogen) atoms. The highest BCUT2D eigenvalue weighted by Crippen LogP contribution is 2.41. The van der Waals surface area contributed by atoms with Crippen molar-refractivity contribution in [2.45, 2.75) is 32.0 Å². The van der Waals surface area contributed by atoms with Crippen LogP contribution in [0.15, 0.2) is 12.1 Å². The fraction of sp³-hybridized carbons (Fsp3) is 0.625. The van der Waals surface area contributed by atoms with Crippen LogP contribution in [0.5, 0.6) is 11.5 Å². The fourth-order valence-electron chi connectivity index (χ4n) is 2.77. The minimum atomic E-state index is -1.46. The molecule has 0 saturated carbocycles. The van der Waals surface area contributed by atoms with Gasteiger partial charge in [0.1, 0.15) is 5.67 Å². The topological polar surface area (TPSA) is 39.7 Å². The molecular weight excluding hydrogens is 273 g/mol. The maximum atomic E-state index is 14.6. The average molecular weight is 295 g/mol. The third kappa shape index (κ3) is 3.14. The van der Waals surface area contributed by atoms with Gasteiger partial charge in [0, 0.05) is 19.5 Å². The molecule has 1 aromatic carbocycles. The Morgan fingerprint density at radius 1 is 1.14 bits per heavy atom. The van der Waals surface area contributed by atoms with Crippen LogP contribution >= 0.6 is 0 Å². The Hall–Kier alpha value is -1.33. The summed E-state index contributed by atoms with van der Waals surface area (Å²) in [6.45, 7) is 6.48. The second-order valence-corrected chi connectivity index (χ2v) is 5.97. The van der Waals surface area contributed by atoms with Crippen LogP contribution in [0.25, 0.3) is 0 Å². The minimum Gasteiger partial charge on any atom is -0.490 e. The number of hydrogen-bond acceptors (Lipinski definition) is 4. The van der Waals surface area contributed by atoms with E-state index in [9.17, 15) is 4.39 Å². The molecule has 1 N–H and O–H groups in total. The predicted octanol–water partition coefficient (Wildman–Crippen LogP) is 2.71. The highest BCUT2D eigenvalue weighted by atomic mass is 19.1. The van der Waals surface area contributed by atoms with E-state index in [1.54, 1.807) is 19.9 Å². The van der Waals surface area contributed by atoms with Gasteiger partial charge < -0.3 is 19.5 Å². The van der Waals surface area contributed by atoms with E-state index in [0.29, 0.717) is 43.4 Å². The summed E-state index contributed by atoms with van der Waals surface area (Å²) < 4.78 is 31.8. The molecule has 2 aliphatic heterocycles. The molecule has 1 atom stereocenters. The highest BCUT2D eigenvalue weighted by Gasteiger charge is 2.30. The van der Waals surface area contributed by atoms with Crippen LogP contribution in [0.2, 0.25) is 0 Å². The number of morpholine rings is 1. The van der Waals surface area contributed by atoms with Gasteiger partial charge in [-0.1, -0.05) is 0 Å². The Kier molecular flexibility index (Phi) is 4.04. The zero-order chi connectivity index (χ0) is 14.9. The number of halogens is 1. The molecule has 1 aromatic rings. The Morgan fingerprint density at radius 2 is 1.86 bits per heavy atom. The van der Waals surface area contributed by atoms with Gasteiger partial charge >= 0.3 is 0 Å². The molecule has 116 valence electrons. The number of alkyl halides is 1. The number of benzene rings is 1. The monoisotopic (exact) mass is 295 g/mol. The lowest BCUT2D eigenvalue weighted by atomic mass is 9.90. The molecule has 5 heteroatoms. The number of nitrogens with one attached hydrogen (secondary N) is 1. The second-order valence-electron chi connectivity index (χ2n) is 5.97. The first-order chi connectivity index (χ1) is 10.1. The van der Waals surface area contributed by atoms with Crippen LogP contribution in [0.3, 0.4) is 0 Å². The largest absolute Gasteiger partial charge is 0.490 e. The Labute approximate surface area is 124 Å². The highest BCUT2D eigenvalue weighted by molar-refractivity contribution is 5.50. The first kappa shape index (κ1) is 14.6. The van der Waals surface area contributed by atoms with Crippen molar-refractivity contribution in [1.29, 1.82) is 0 Å². The Morgan fingerprint density at radius 3 is 2.48 bits per heavy atom. The number of fused-ring (bicyclic) bond motifs is 1. The van der Waals surface area contributed by atoms with Crippen molar-refractivity contribution >= 4 is 0 Å². The summed E-state index contributed by atoms with van der Waals surface area (Å²) in [4.78, 5) is 0. The van der Waals surface area contributed by atoms with Crippen LogP contribution in [-0.2, 0) is 10.4 Å². The summed E-state index contributed by atoms with van der Waals surface area (Å²) in [5, 5.41) is 3.28. The van der Waals surface area contributed by atoms with E-state index < -0.39 is 5.67 Å². The molecule has 2 heterocycles.